The van der Waals surface area contributed by atoms with Crippen LogP contribution in [0.25, 0.3) is 0 Å². The van der Waals surface area contributed by atoms with Gasteiger partial charge in [-0.05, 0) is 53.4 Å². The van der Waals surface area contributed by atoms with Gasteiger partial charge >= 0.3 is 0 Å². The second-order valence-corrected chi connectivity index (χ2v) is 8.10. The van der Waals surface area contributed by atoms with E-state index < -0.39 is 10.0 Å². The average molecular weight is 375 g/mol. The lowest BCUT2D eigenvalue weighted by molar-refractivity contribution is -0.119. The predicted molar refractivity (Wildman–Crippen MR) is 84.5 cm³/mol. The summed E-state index contributed by atoms with van der Waals surface area (Å²) >= 11 is 3.33. The Morgan fingerprint density at radius 1 is 1.43 bits per heavy atom. The molecule has 0 spiro atoms. The number of halogens is 1. The molecule has 2 rings (SSSR count). The summed E-state index contributed by atoms with van der Waals surface area (Å²) in [6.07, 6.45) is 1.55. The van der Waals surface area contributed by atoms with E-state index in [1.54, 1.807) is 18.2 Å². The zero-order chi connectivity index (χ0) is 15.6. The Bertz CT molecular complexity index is 646. The van der Waals surface area contributed by atoms with Crippen molar-refractivity contribution < 1.29 is 13.2 Å². The Kier molecular flexibility index (Phi) is 5.06. The third kappa shape index (κ3) is 3.84. The first-order chi connectivity index (χ1) is 9.80. The van der Waals surface area contributed by atoms with E-state index in [1.165, 1.54) is 11.2 Å². The van der Waals surface area contributed by atoms with Crippen molar-refractivity contribution in [2.75, 3.05) is 13.1 Å². The monoisotopic (exact) mass is 374 g/mol. The fourth-order valence-corrected chi connectivity index (χ4v) is 5.20. The SMILES string of the molecule is CC(=O)NC1CCCN(S(=O)(=O)c2ccc(C)cc2Br)C1. The molecule has 0 aromatic heterocycles. The summed E-state index contributed by atoms with van der Waals surface area (Å²) in [5, 5.41) is 2.80. The number of sulfonamides is 1. The van der Waals surface area contributed by atoms with E-state index >= 15 is 0 Å². The Morgan fingerprint density at radius 3 is 2.76 bits per heavy atom. The number of nitrogens with one attached hydrogen (secondary N) is 1. The molecule has 21 heavy (non-hydrogen) atoms. The largest absolute Gasteiger partial charge is 0.352 e. The lowest BCUT2D eigenvalue weighted by Crippen LogP contribution is -2.49. The van der Waals surface area contributed by atoms with Crippen LogP contribution in [0.3, 0.4) is 0 Å². The minimum atomic E-state index is -3.54. The van der Waals surface area contributed by atoms with E-state index in [1.807, 2.05) is 6.92 Å². The van der Waals surface area contributed by atoms with Gasteiger partial charge in [0.25, 0.3) is 0 Å². The van der Waals surface area contributed by atoms with Gasteiger partial charge in [-0.15, -0.1) is 0 Å². The predicted octanol–water partition coefficient (Wildman–Crippen LogP) is 2.05. The van der Waals surface area contributed by atoms with Crippen LogP contribution in [-0.4, -0.2) is 37.8 Å². The molecule has 1 amide bonds. The van der Waals surface area contributed by atoms with Gasteiger partial charge in [0, 0.05) is 30.5 Å². The number of benzene rings is 1. The maximum Gasteiger partial charge on any atom is 0.244 e. The Hall–Kier alpha value is -0.920. The van der Waals surface area contributed by atoms with Gasteiger partial charge in [0.15, 0.2) is 0 Å². The summed E-state index contributed by atoms with van der Waals surface area (Å²) in [4.78, 5) is 11.4. The number of carbonyl (C=O) groups excluding carboxylic acids is 1. The fraction of sp³-hybridized carbons (Fsp3) is 0.500. The first kappa shape index (κ1) is 16.5. The van der Waals surface area contributed by atoms with Gasteiger partial charge < -0.3 is 5.32 Å². The van der Waals surface area contributed by atoms with E-state index in [0.717, 1.165) is 18.4 Å². The molecule has 0 bridgehead atoms. The highest BCUT2D eigenvalue weighted by Gasteiger charge is 2.31. The first-order valence-corrected chi connectivity index (χ1v) is 9.07. The molecule has 1 saturated heterocycles. The van der Waals surface area contributed by atoms with E-state index in [-0.39, 0.29) is 16.8 Å². The summed E-state index contributed by atoms with van der Waals surface area (Å²) in [6, 6.07) is 5.08. The lowest BCUT2D eigenvalue weighted by Gasteiger charge is -2.32. The lowest BCUT2D eigenvalue weighted by atomic mass is 10.1. The molecule has 0 aliphatic carbocycles. The molecule has 116 valence electrons. The molecule has 1 heterocycles. The van der Waals surface area contributed by atoms with Gasteiger partial charge in [-0.1, -0.05) is 6.07 Å². The molecule has 0 saturated carbocycles. The van der Waals surface area contributed by atoms with Gasteiger partial charge in [0.2, 0.25) is 15.9 Å². The zero-order valence-corrected chi connectivity index (χ0v) is 14.5. The van der Waals surface area contributed by atoms with Crippen LogP contribution in [0.15, 0.2) is 27.6 Å². The summed E-state index contributed by atoms with van der Waals surface area (Å²) < 4.78 is 27.5. The standard InChI is InChI=1S/C14H19BrN2O3S/c1-10-5-6-14(13(15)8-10)21(19,20)17-7-3-4-12(9-17)16-11(2)18/h5-6,8,12H,3-4,7,9H2,1-2H3,(H,16,18). The molecule has 7 heteroatoms. The van der Waals surface area contributed by atoms with Crippen molar-refractivity contribution in [2.45, 2.75) is 37.6 Å². The number of aryl methyl sites for hydroxylation is 1. The van der Waals surface area contributed by atoms with Crippen molar-refractivity contribution >= 4 is 31.9 Å². The first-order valence-electron chi connectivity index (χ1n) is 6.84. The number of hydrogen-bond donors (Lipinski definition) is 1. The van der Waals surface area contributed by atoms with Crippen LogP contribution in [0.1, 0.15) is 25.3 Å². The van der Waals surface area contributed by atoms with Crippen LogP contribution in [0.4, 0.5) is 0 Å². The number of piperidine rings is 1. The number of carbonyl (C=O) groups is 1. The van der Waals surface area contributed by atoms with E-state index in [4.69, 9.17) is 0 Å². The normalized spacial score (nSPS) is 20.2. The molecule has 1 aliphatic rings. The highest BCUT2D eigenvalue weighted by Crippen LogP contribution is 2.27. The molecule has 5 nitrogen and oxygen atoms in total. The summed E-state index contributed by atoms with van der Waals surface area (Å²) in [7, 11) is -3.54. The summed E-state index contributed by atoms with van der Waals surface area (Å²) in [5.74, 6) is -0.129. The maximum absolute atomic E-state index is 12.7. The third-order valence-electron chi connectivity index (χ3n) is 3.50. The zero-order valence-electron chi connectivity index (χ0n) is 12.1. The number of rotatable bonds is 3. The third-order valence-corrected chi connectivity index (χ3v) is 6.34. The van der Waals surface area contributed by atoms with Crippen molar-refractivity contribution in [3.63, 3.8) is 0 Å². The Balaban J connectivity index is 2.24. The van der Waals surface area contributed by atoms with Crippen LogP contribution in [-0.2, 0) is 14.8 Å². The van der Waals surface area contributed by atoms with Crippen LogP contribution in [0.2, 0.25) is 0 Å². The van der Waals surface area contributed by atoms with Crippen molar-refractivity contribution in [1.29, 1.82) is 0 Å². The molecular formula is C14H19BrN2O3S. The molecule has 1 N–H and O–H groups in total. The van der Waals surface area contributed by atoms with Gasteiger partial charge in [0.05, 0.1) is 4.90 Å². The topological polar surface area (TPSA) is 66.5 Å². The van der Waals surface area contributed by atoms with Crippen LogP contribution < -0.4 is 5.32 Å². The number of amides is 1. The maximum atomic E-state index is 12.7. The second kappa shape index (κ2) is 6.46. The second-order valence-electron chi connectivity index (χ2n) is 5.34. The van der Waals surface area contributed by atoms with Crippen molar-refractivity contribution in [3.05, 3.63) is 28.2 Å². The molecule has 1 unspecified atom stereocenters. The van der Waals surface area contributed by atoms with Crippen LogP contribution in [0, 0.1) is 6.92 Å². The summed E-state index contributed by atoms with van der Waals surface area (Å²) in [6.45, 7) is 4.17. The van der Waals surface area contributed by atoms with Crippen molar-refractivity contribution in [1.82, 2.24) is 9.62 Å². The summed E-state index contributed by atoms with van der Waals surface area (Å²) in [5.41, 5.74) is 0.996. The molecule has 1 atom stereocenters. The molecule has 1 fully saturated rings. The van der Waals surface area contributed by atoms with E-state index in [2.05, 4.69) is 21.2 Å². The van der Waals surface area contributed by atoms with Gasteiger partial charge in [-0.25, -0.2) is 8.42 Å². The Morgan fingerprint density at radius 2 is 2.14 bits per heavy atom. The molecule has 1 aromatic carbocycles. The molecular weight excluding hydrogens is 356 g/mol. The van der Waals surface area contributed by atoms with E-state index in [9.17, 15) is 13.2 Å². The van der Waals surface area contributed by atoms with E-state index in [0.29, 0.717) is 17.6 Å². The van der Waals surface area contributed by atoms with Crippen molar-refractivity contribution in [3.8, 4) is 0 Å². The Labute approximate surface area is 133 Å². The quantitative estimate of drug-likeness (QED) is 0.880. The van der Waals surface area contributed by atoms with Gasteiger partial charge in [0.1, 0.15) is 0 Å². The highest BCUT2D eigenvalue weighted by atomic mass is 79.9. The van der Waals surface area contributed by atoms with Crippen LogP contribution >= 0.6 is 15.9 Å². The number of nitrogens with zero attached hydrogens (tertiary/aromatic N) is 1. The fourth-order valence-electron chi connectivity index (χ4n) is 2.52. The molecule has 1 aromatic rings. The van der Waals surface area contributed by atoms with Crippen molar-refractivity contribution in [2.24, 2.45) is 0 Å². The minimum Gasteiger partial charge on any atom is -0.352 e. The highest BCUT2D eigenvalue weighted by molar-refractivity contribution is 9.10. The number of hydrogen-bond acceptors (Lipinski definition) is 3. The van der Waals surface area contributed by atoms with Gasteiger partial charge in [-0.3, -0.25) is 4.79 Å². The minimum absolute atomic E-state index is 0.116. The smallest absolute Gasteiger partial charge is 0.244 e. The average Bonchev–Trinajstić information content (AvgIpc) is 2.37. The molecule has 0 radical (unpaired) electrons. The molecule has 1 aliphatic heterocycles. The van der Waals surface area contributed by atoms with Gasteiger partial charge in [-0.2, -0.15) is 4.31 Å². The van der Waals surface area contributed by atoms with Crippen LogP contribution in [0.5, 0.6) is 0 Å².